The van der Waals surface area contributed by atoms with Crippen LogP contribution in [0.2, 0.25) is 5.02 Å². The average molecular weight is 543 g/mol. The van der Waals surface area contributed by atoms with Crippen molar-refractivity contribution in [2.45, 2.75) is 36.5 Å². The predicted molar refractivity (Wildman–Crippen MR) is 129 cm³/mol. The van der Waals surface area contributed by atoms with Crippen molar-refractivity contribution in [1.82, 2.24) is 4.98 Å². The van der Waals surface area contributed by atoms with Gasteiger partial charge in [0.15, 0.2) is 9.84 Å². The van der Waals surface area contributed by atoms with Gasteiger partial charge < -0.3 is 0 Å². The highest BCUT2D eigenvalue weighted by atomic mass is 35.5. The fourth-order valence-corrected chi connectivity index (χ4v) is 5.53. The molecule has 0 spiro atoms. The number of benzene rings is 2. The summed E-state index contributed by atoms with van der Waals surface area (Å²) >= 11 is 5.82. The third kappa shape index (κ3) is 5.68. The SMILES string of the molecule is Cc1cc(NS(=O)(=O)c2ccc(Cl)c(C(C)(F)F)c2)c(C(=O)c2ccccc2S(C)(=O)=O)nc1C. The standard InChI is InChI=1S/C23H21ClF2N2O5S2/c1-13-11-19(28-35(32,33)15-9-10-18(24)17(12-15)23(3,25)26)21(27-14(13)2)22(29)16-7-5-6-8-20(16)34(4,30)31/h5-12,28H,1-4H3. The summed E-state index contributed by atoms with van der Waals surface area (Å²) in [5, 5.41) is -0.308. The van der Waals surface area contributed by atoms with Crippen molar-refractivity contribution in [2.75, 3.05) is 11.0 Å². The normalized spacial score (nSPS) is 12.4. The highest BCUT2D eigenvalue weighted by molar-refractivity contribution is 7.92. The van der Waals surface area contributed by atoms with Gasteiger partial charge in [-0.15, -0.1) is 0 Å². The molecule has 2 aromatic carbocycles. The van der Waals surface area contributed by atoms with Crippen molar-refractivity contribution in [1.29, 1.82) is 0 Å². The average Bonchev–Trinajstić information content (AvgIpc) is 2.74. The second-order valence-electron chi connectivity index (χ2n) is 8.02. The van der Waals surface area contributed by atoms with Gasteiger partial charge in [-0.1, -0.05) is 23.7 Å². The molecule has 0 fully saturated rings. The monoisotopic (exact) mass is 542 g/mol. The highest BCUT2D eigenvalue weighted by Gasteiger charge is 2.30. The first-order valence-corrected chi connectivity index (χ1v) is 13.8. The van der Waals surface area contributed by atoms with E-state index in [1.165, 1.54) is 30.3 Å². The number of hydrogen-bond donors (Lipinski definition) is 1. The number of hydrogen-bond acceptors (Lipinski definition) is 6. The second-order valence-corrected chi connectivity index (χ2v) is 12.1. The first-order chi connectivity index (χ1) is 16.0. The van der Waals surface area contributed by atoms with Gasteiger partial charge in [0, 0.05) is 35.0 Å². The summed E-state index contributed by atoms with van der Waals surface area (Å²) in [6, 6.07) is 9.67. The van der Waals surface area contributed by atoms with E-state index in [0.29, 0.717) is 18.2 Å². The van der Waals surface area contributed by atoms with Gasteiger partial charge in [0.2, 0.25) is 5.78 Å². The molecule has 7 nitrogen and oxygen atoms in total. The first kappa shape index (κ1) is 26.7. The Hall–Kier alpha value is -2.89. The van der Waals surface area contributed by atoms with E-state index in [1.807, 2.05) is 0 Å². The molecule has 0 amide bonds. The zero-order valence-electron chi connectivity index (χ0n) is 19.1. The molecule has 0 aliphatic heterocycles. The number of nitrogens with one attached hydrogen (secondary N) is 1. The van der Waals surface area contributed by atoms with E-state index in [4.69, 9.17) is 11.6 Å². The number of sulfone groups is 1. The Labute approximate surface area is 207 Å². The Balaban J connectivity index is 2.16. The molecule has 1 N–H and O–H groups in total. The van der Waals surface area contributed by atoms with E-state index < -0.39 is 42.0 Å². The number of nitrogens with zero attached hydrogens (tertiary/aromatic N) is 1. The predicted octanol–water partition coefficient (Wildman–Crippen LogP) is 4.90. The Morgan fingerprint density at radius 2 is 1.66 bits per heavy atom. The van der Waals surface area contributed by atoms with Crippen LogP contribution in [0.15, 0.2) is 58.3 Å². The van der Waals surface area contributed by atoms with Crippen molar-refractivity contribution < 1.29 is 30.4 Å². The minimum absolute atomic E-state index is 0.189. The zero-order valence-corrected chi connectivity index (χ0v) is 21.4. The molecular formula is C23H21ClF2N2O5S2. The smallest absolute Gasteiger partial charge is 0.272 e. The molecule has 0 saturated carbocycles. The van der Waals surface area contributed by atoms with Crippen LogP contribution in [0.3, 0.4) is 0 Å². The summed E-state index contributed by atoms with van der Waals surface area (Å²) < 4.78 is 80.6. The van der Waals surface area contributed by atoms with E-state index in [9.17, 15) is 30.4 Å². The Bertz CT molecular complexity index is 1550. The van der Waals surface area contributed by atoms with Crippen molar-refractivity contribution >= 4 is 42.9 Å². The summed E-state index contributed by atoms with van der Waals surface area (Å²) in [6.07, 6.45) is 0.943. The molecule has 0 aliphatic rings. The van der Waals surface area contributed by atoms with Crippen LogP contribution in [-0.4, -0.2) is 33.9 Å². The number of sulfonamides is 1. The number of pyridine rings is 1. The number of alkyl halides is 2. The summed E-state index contributed by atoms with van der Waals surface area (Å²) in [6.45, 7) is 3.82. The number of halogens is 3. The maximum atomic E-state index is 13.9. The summed E-state index contributed by atoms with van der Waals surface area (Å²) in [7, 11) is -8.26. The zero-order chi connectivity index (χ0) is 26.3. The van der Waals surface area contributed by atoms with E-state index in [0.717, 1.165) is 24.5 Å². The van der Waals surface area contributed by atoms with Gasteiger partial charge in [-0.05, 0) is 55.8 Å². The van der Waals surface area contributed by atoms with Crippen molar-refractivity contribution in [2.24, 2.45) is 0 Å². The Morgan fingerprint density at radius 3 is 2.26 bits per heavy atom. The van der Waals surface area contributed by atoms with Gasteiger partial charge in [0.1, 0.15) is 5.69 Å². The van der Waals surface area contributed by atoms with Gasteiger partial charge in [-0.3, -0.25) is 9.52 Å². The second kappa shape index (κ2) is 9.29. The highest BCUT2D eigenvalue weighted by Crippen LogP contribution is 2.35. The molecule has 1 aromatic heterocycles. The van der Waals surface area contributed by atoms with Crippen molar-refractivity contribution in [3.8, 4) is 0 Å². The number of rotatable bonds is 7. The number of anilines is 1. The van der Waals surface area contributed by atoms with Crippen LogP contribution in [0, 0.1) is 13.8 Å². The quantitative estimate of drug-likeness (QED) is 0.425. The molecule has 12 heteroatoms. The Morgan fingerprint density at radius 1 is 1.03 bits per heavy atom. The number of aromatic nitrogens is 1. The lowest BCUT2D eigenvalue weighted by Crippen LogP contribution is -2.19. The molecule has 35 heavy (non-hydrogen) atoms. The van der Waals surface area contributed by atoms with Crippen LogP contribution >= 0.6 is 11.6 Å². The van der Waals surface area contributed by atoms with Gasteiger partial charge in [-0.2, -0.15) is 0 Å². The van der Waals surface area contributed by atoms with Crippen LogP contribution in [0.5, 0.6) is 0 Å². The number of carbonyl (C=O) groups excluding carboxylic acids is 1. The molecule has 186 valence electrons. The molecule has 0 bridgehead atoms. The lowest BCUT2D eigenvalue weighted by Gasteiger charge is -2.17. The maximum absolute atomic E-state index is 13.9. The van der Waals surface area contributed by atoms with Crippen LogP contribution < -0.4 is 4.72 Å². The Kier molecular flexibility index (Phi) is 7.09. The van der Waals surface area contributed by atoms with Crippen LogP contribution in [0.1, 0.15) is 39.8 Å². The van der Waals surface area contributed by atoms with Crippen molar-refractivity contribution in [3.05, 3.63) is 81.6 Å². The van der Waals surface area contributed by atoms with Gasteiger partial charge in [0.05, 0.1) is 15.5 Å². The lowest BCUT2D eigenvalue weighted by molar-refractivity contribution is 0.0173. The molecule has 3 rings (SSSR count). The van der Waals surface area contributed by atoms with Gasteiger partial charge in [0.25, 0.3) is 15.9 Å². The van der Waals surface area contributed by atoms with Gasteiger partial charge in [-0.25, -0.2) is 30.6 Å². The van der Waals surface area contributed by atoms with Crippen LogP contribution in [0.4, 0.5) is 14.5 Å². The van der Waals surface area contributed by atoms with E-state index in [1.54, 1.807) is 13.8 Å². The van der Waals surface area contributed by atoms with E-state index in [-0.39, 0.29) is 26.9 Å². The molecule has 0 atom stereocenters. The molecular weight excluding hydrogens is 522 g/mol. The minimum atomic E-state index is -4.47. The fourth-order valence-electron chi connectivity index (χ4n) is 3.27. The molecule has 0 radical (unpaired) electrons. The summed E-state index contributed by atoms with van der Waals surface area (Å²) in [4.78, 5) is 16.8. The molecule has 3 aromatic rings. The topological polar surface area (TPSA) is 110 Å². The molecule has 1 heterocycles. The third-order valence-electron chi connectivity index (χ3n) is 5.18. The number of carbonyl (C=O) groups is 1. The number of aryl methyl sites for hydroxylation is 2. The summed E-state index contributed by atoms with van der Waals surface area (Å²) in [5.74, 6) is -4.23. The van der Waals surface area contributed by atoms with Crippen molar-refractivity contribution in [3.63, 3.8) is 0 Å². The van der Waals surface area contributed by atoms with Crippen LogP contribution in [-0.2, 0) is 25.8 Å². The minimum Gasteiger partial charge on any atom is -0.287 e. The third-order valence-corrected chi connectivity index (χ3v) is 8.03. The van der Waals surface area contributed by atoms with E-state index in [2.05, 4.69) is 9.71 Å². The molecule has 0 aliphatic carbocycles. The van der Waals surface area contributed by atoms with Gasteiger partial charge >= 0.3 is 0 Å². The molecule has 0 unspecified atom stereocenters. The fraction of sp³-hybridized carbons (Fsp3) is 0.217. The summed E-state index contributed by atoms with van der Waals surface area (Å²) in [5.41, 5.74) is -0.506. The molecule has 0 saturated heterocycles. The number of ketones is 1. The largest absolute Gasteiger partial charge is 0.287 e. The van der Waals surface area contributed by atoms with E-state index >= 15 is 0 Å². The van der Waals surface area contributed by atoms with Crippen LogP contribution in [0.25, 0.3) is 0 Å². The maximum Gasteiger partial charge on any atom is 0.272 e. The lowest BCUT2D eigenvalue weighted by atomic mass is 10.0. The first-order valence-electron chi connectivity index (χ1n) is 10.0.